The van der Waals surface area contributed by atoms with Gasteiger partial charge in [0.25, 0.3) is 0 Å². The Morgan fingerprint density at radius 2 is 1.83 bits per heavy atom. The van der Waals surface area contributed by atoms with Crippen LogP contribution in [0.3, 0.4) is 0 Å². The Hall–Kier alpha value is -3.93. The van der Waals surface area contributed by atoms with Gasteiger partial charge in [-0.05, 0) is 37.8 Å². The van der Waals surface area contributed by atoms with Gasteiger partial charge in [0, 0.05) is 36.5 Å². The number of carboxylic acid groups (broad SMARTS) is 1. The SMILES string of the molecule is CC(N)C(=O)NC(Cc1c[nH]c2ccccc12)C(=O)NC(CCC(N)=O)C(=O)N1CCCC1C(=O)O. The third kappa shape index (κ3) is 6.39. The number of nitrogens with zero attached hydrogens (tertiary/aromatic N) is 1. The largest absolute Gasteiger partial charge is 0.480 e. The van der Waals surface area contributed by atoms with Crippen LogP contribution in [0.1, 0.15) is 38.2 Å². The highest BCUT2D eigenvalue weighted by atomic mass is 16.4. The standard InChI is InChI=1S/C24H32N6O6/c1-13(25)21(32)29-18(11-14-12-27-16-6-3-2-5-15(14)16)22(33)28-17(8-9-20(26)31)23(34)30-10-4-7-19(30)24(35)36/h2-3,5-6,12-13,17-19,27H,4,7-11,25H2,1H3,(H2,26,31)(H,28,33)(H,29,32)(H,35,36). The molecular weight excluding hydrogens is 468 g/mol. The van der Waals surface area contributed by atoms with E-state index >= 15 is 0 Å². The van der Waals surface area contributed by atoms with E-state index in [1.54, 1.807) is 6.20 Å². The number of primary amides is 1. The summed E-state index contributed by atoms with van der Waals surface area (Å²) in [6, 6.07) is 3.31. The number of nitrogens with one attached hydrogen (secondary N) is 3. The van der Waals surface area contributed by atoms with Gasteiger partial charge < -0.3 is 37.1 Å². The molecule has 1 aromatic heterocycles. The van der Waals surface area contributed by atoms with Crippen LogP contribution < -0.4 is 22.1 Å². The molecule has 4 amide bonds. The Labute approximate surface area is 207 Å². The third-order valence-corrected chi connectivity index (χ3v) is 6.26. The zero-order chi connectivity index (χ0) is 26.4. The summed E-state index contributed by atoms with van der Waals surface area (Å²) in [5, 5.41) is 15.6. The fraction of sp³-hybridized carbons (Fsp3) is 0.458. The van der Waals surface area contributed by atoms with Crippen molar-refractivity contribution in [2.45, 2.75) is 63.2 Å². The maximum atomic E-state index is 13.4. The first kappa shape index (κ1) is 26.7. The number of hydrogen-bond acceptors (Lipinski definition) is 6. The van der Waals surface area contributed by atoms with Crippen LogP contribution in [0, 0.1) is 0 Å². The van der Waals surface area contributed by atoms with Crippen LogP contribution in [0.5, 0.6) is 0 Å². The smallest absolute Gasteiger partial charge is 0.326 e. The summed E-state index contributed by atoms with van der Waals surface area (Å²) in [5.74, 6) is -3.64. The van der Waals surface area contributed by atoms with Gasteiger partial charge in [0.15, 0.2) is 0 Å². The minimum atomic E-state index is -1.19. The van der Waals surface area contributed by atoms with Crippen molar-refractivity contribution in [2.75, 3.05) is 6.54 Å². The number of likely N-dealkylation sites (tertiary alicyclic amines) is 1. The van der Waals surface area contributed by atoms with Crippen molar-refractivity contribution in [3.63, 3.8) is 0 Å². The summed E-state index contributed by atoms with van der Waals surface area (Å²) in [4.78, 5) is 66.3. The van der Waals surface area contributed by atoms with Crippen LogP contribution in [-0.4, -0.2) is 75.3 Å². The number of nitrogens with two attached hydrogens (primary N) is 2. The summed E-state index contributed by atoms with van der Waals surface area (Å²) < 4.78 is 0. The molecule has 4 unspecified atom stereocenters. The Kier molecular flexibility index (Phi) is 8.64. The van der Waals surface area contributed by atoms with Gasteiger partial charge in [-0.15, -0.1) is 0 Å². The molecule has 12 heteroatoms. The quantitative estimate of drug-likeness (QED) is 0.236. The van der Waals surface area contributed by atoms with Gasteiger partial charge >= 0.3 is 5.97 Å². The minimum Gasteiger partial charge on any atom is -0.480 e. The van der Waals surface area contributed by atoms with Crippen LogP contribution in [-0.2, 0) is 30.4 Å². The molecule has 0 bridgehead atoms. The number of carbonyl (C=O) groups excluding carboxylic acids is 4. The van der Waals surface area contributed by atoms with E-state index < -0.39 is 53.8 Å². The highest BCUT2D eigenvalue weighted by Crippen LogP contribution is 2.21. The predicted molar refractivity (Wildman–Crippen MR) is 130 cm³/mol. The van der Waals surface area contributed by atoms with Crippen LogP contribution >= 0.6 is 0 Å². The Morgan fingerprint density at radius 1 is 1.14 bits per heavy atom. The molecule has 36 heavy (non-hydrogen) atoms. The highest BCUT2D eigenvalue weighted by Gasteiger charge is 2.38. The van der Waals surface area contributed by atoms with Crippen LogP contribution in [0.25, 0.3) is 10.9 Å². The molecule has 1 fully saturated rings. The summed E-state index contributed by atoms with van der Waals surface area (Å²) in [5.41, 5.74) is 12.6. The van der Waals surface area contributed by atoms with Gasteiger partial charge in [-0.3, -0.25) is 19.2 Å². The Morgan fingerprint density at radius 3 is 2.50 bits per heavy atom. The lowest BCUT2D eigenvalue weighted by Crippen LogP contribution is -2.57. The van der Waals surface area contributed by atoms with Gasteiger partial charge in [-0.1, -0.05) is 18.2 Å². The number of benzene rings is 1. The molecule has 1 saturated heterocycles. The second kappa shape index (κ2) is 11.7. The first-order valence-electron chi connectivity index (χ1n) is 11.8. The van der Waals surface area contributed by atoms with Crippen molar-refractivity contribution >= 4 is 40.5 Å². The molecule has 1 aliphatic rings. The van der Waals surface area contributed by atoms with Crippen LogP contribution in [0.4, 0.5) is 0 Å². The molecule has 1 aliphatic heterocycles. The number of para-hydroxylation sites is 1. The number of aliphatic carboxylic acids is 1. The maximum Gasteiger partial charge on any atom is 0.326 e. The zero-order valence-corrected chi connectivity index (χ0v) is 20.0. The molecule has 194 valence electrons. The summed E-state index contributed by atoms with van der Waals surface area (Å²) in [7, 11) is 0. The normalized spacial score (nSPS) is 17.8. The first-order valence-corrected chi connectivity index (χ1v) is 11.8. The van der Waals surface area contributed by atoms with E-state index in [1.807, 2.05) is 24.3 Å². The molecule has 0 radical (unpaired) electrons. The van der Waals surface area contributed by atoms with Crippen LogP contribution in [0.15, 0.2) is 30.5 Å². The van der Waals surface area contributed by atoms with Crippen molar-refractivity contribution in [1.82, 2.24) is 20.5 Å². The fourth-order valence-corrected chi connectivity index (χ4v) is 4.34. The topological polar surface area (TPSA) is 201 Å². The summed E-state index contributed by atoms with van der Waals surface area (Å²) in [6.45, 7) is 1.70. The van der Waals surface area contributed by atoms with E-state index in [2.05, 4.69) is 15.6 Å². The second-order valence-corrected chi connectivity index (χ2v) is 9.01. The van der Waals surface area contributed by atoms with E-state index in [4.69, 9.17) is 11.5 Å². The molecule has 2 aromatic rings. The molecule has 4 atom stereocenters. The van der Waals surface area contributed by atoms with Gasteiger partial charge in [0.2, 0.25) is 23.6 Å². The molecule has 2 heterocycles. The lowest BCUT2D eigenvalue weighted by atomic mass is 10.0. The molecule has 12 nitrogen and oxygen atoms in total. The number of amides is 4. The average Bonchev–Trinajstić information content (AvgIpc) is 3.48. The van der Waals surface area contributed by atoms with Crippen molar-refractivity contribution in [1.29, 1.82) is 0 Å². The predicted octanol–water partition coefficient (Wildman–Crippen LogP) is -0.632. The molecular formula is C24H32N6O6. The Balaban J connectivity index is 1.84. The number of aromatic amines is 1. The molecule has 1 aromatic carbocycles. The summed E-state index contributed by atoms with van der Waals surface area (Å²) in [6.07, 6.45) is 2.34. The lowest BCUT2D eigenvalue weighted by Gasteiger charge is -2.28. The summed E-state index contributed by atoms with van der Waals surface area (Å²) >= 11 is 0. The molecule has 3 rings (SSSR count). The Bertz CT molecular complexity index is 1150. The molecule has 0 saturated carbocycles. The van der Waals surface area contributed by atoms with E-state index in [-0.39, 0.29) is 25.8 Å². The first-order chi connectivity index (χ1) is 17.1. The average molecular weight is 501 g/mol. The minimum absolute atomic E-state index is 0.104. The highest BCUT2D eigenvalue weighted by molar-refractivity contribution is 5.95. The molecule has 0 spiro atoms. The van der Waals surface area contributed by atoms with Crippen molar-refractivity contribution in [3.8, 4) is 0 Å². The molecule has 8 N–H and O–H groups in total. The van der Waals surface area contributed by atoms with Gasteiger partial charge in [-0.25, -0.2) is 4.79 Å². The number of H-pyrrole nitrogens is 1. The van der Waals surface area contributed by atoms with Crippen molar-refractivity contribution in [2.24, 2.45) is 11.5 Å². The number of carboxylic acids is 1. The van der Waals surface area contributed by atoms with E-state index in [9.17, 15) is 29.1 Å². The van der Waals surface area contributed by atoms with Crippen LogP contribution in [0.2, 0.25) is 0 Å². The maximum absolute atomic E-state index is 13.4. The molecule has 0 aliphatic carbocycles. The van der Waals surface area contributed by atoms with Gasteiger partial charge in [0.05, 0.1) is 6.04 Å². The lowest BCUT2D eigenvalue weighted by molar-refractivity contribution is -0.149. The van der Waals surface area contributed by atoms with Gasteiger partial charge in [-0.2, -0.15) is 0 Å². The number of carbonyl (C=O) groups is 5. The number of rotatable bonds is 11. The van der Waals surface area contributed by atoms with E-state index in [0.717, 1.165) is 16.5 Å². The van der Waals surface area contributed by atoms with E-state index in [0.29, 0.717) is 12.8 Å². The van der Waals surface area contributed by atoms with Crippen molar-refractivity contribution in [3.05, 3.63) is 36.0 Å². The van der Waals surface area contributed by atoms with Gasteiger partial charge in [0.1, 0.15) is 18.1 Å². The fourth-order valence-electron chi connectivity index (χ4n) is 4.34. The zero-order valence-electron chi connectivity index (χ0n) is 20.0. The third-order valence-electron chi connectivity index (χ3n) is 6.26. The number of aromatic nitrogens is 1. The van der Waals surface area contributed by atoms with E-state index in [1.165, 1.54) is 11.8 Å². The second-order valence-electron chi connectivity index (χ2n) is 9.01. The number of fused-ring (bicyclic) bond motifs is 1. The monoisotopic (exact) mass is 500 g/mol. The van der Waals surface area contributed by atoms with Crippen molar-refractivity contribution < 1.29 is 29.1 Å². The number of hydrogen-bond donors (Lipinski definition) is 6.